The Balaban J connectivity index is 2.23. The molecular weight excluding hydrogens is 222 g/mol. The summed E-state index contributed by atoms with van der Waals surface area (Å²) in [4.78, 5) is 15.5. The molecule has 2 heteroatoms. The van der Waals surface area contributed by atoms with Crippen molar-refractivity contribution in [1.29, 1.82) is 0 Å². The van der Waals surface area contributed by atoms with Crippen molar-refractivity contribution in [3.63, 3.8) is 0 Å². The van der Waals surface area contributed by atoms with Crippen molar-refractivity contribution in [2.24, 2.45) is 0 Å². The minimum atomic E-state index is 0.0628. The minimum Gasteiger partial charge on any atom is -0.355 e. The van der Waals surface area contributed by atoms with Gasteiger partial charge in [-0.1, -0.05) is 44.2 Å². The average Bonchev–Trinajstić information content (AvgIpc) is 2.90. The van der Waals surface area contributed by atoms with Crippen LogP contribution in [0.1, 0.15) is 54.4 Å². The molecule has 1 aromatic carbocycles. The van der Waals surface area contributed by atoms with Crippen LogP contribution in [0, 0.1) is 0 Å². The fourth-order valence-electron chi connectivity index (χ4n) is 2.26. The van der Waals surface area contributed by atoms with E-state index in [0.29, 0.717) is 11.6 Å². The Morgan fingerprint density at radius 1 is 1.06 bits per heavy atom. The predicted octanol–water partition coefficient (Wildman–Crippen LogP) is 4.15. The zero-order chi connectivity index (χ0) is 13.0. The molecule has 0 aliphatic rings. The Kier molecular flexibility index (Phi) is 3.98. The molecule has 0 aliphatic carbocycles. The smallest absolute Gasteiger partial charge is 0.209 e. The number of rotatable bonds is 5. The highest BCUT2D eigenvalue weighted by Crippen LogP contribution is 2.22. The number of carbonyl (C=O) groups excluding carboxylic acids is 1. The molecule has 1 aromatic heterocycles. The lowest BCUT2D eigenvalue weighted by atomic mass is 10.0. The second-order valence-corrected chi connectivity index (χ2v) is 4.54. The van der Waals surface area contributed by atoms with E-state index in [1.807, 2.05) is 42.5 Å². The van der Waals surface area contributed by atoms with Gasteiger partial charge in [-0.25, -0.2) is 0 Å². The number of hydrogen-bond donors (Lipinski definition) is 1. The van der Waals surface area contributed by atoms with Crippen LogP contribution in [-0.4, -0.2) is 10.8 Å². The zero-order valence-corrected chi connectivity index (χ0v) is 10.9. The third kappa shape index (κ3) is 2.53. The number of aromatic amines is 1. The first kappa shape index (κ1) is 12.6. The van der Waals surface area contributed by atoms with Crippen molar-refractivity contribution in [3.8, 4) is 0 Å². The Morgan fingerprint density at radius 3 is 2.33 bits per heavy atom. The summed E-state index contributed by atoms with van der Waals surface area (Å²) < 4.78 is 0. The molecule has 0 unspecified atom stereocenters. The first-order valence-corrected chi connectivity index (χ1v) is 6.54. The summed E-state index contributed by atoms with van der Waals surface area (Å²) in [6.45, 7) is 4.35. The van der Waals surface area contributed by atoms with Gasteiger partial charge in [-0.3, -0.25) is 4.79 Å². The van der Waals surface area contributed by atoms with Gasteiger partial charge >= 0.3 is 0 Å². The molecule has 0 spiro atoms. The van der Waals surface area contributed by atoms with Crippen LogP contribution in [0.4, 0.5) is 0 Å². The van der Waals surface area contributed by atoms with Crippen LogP contribution < -0.4 is 0 Å². The van der Waals surface area contributed by atoms with E-state index in [4.69, 9.17) is 0 Å². The van der Waals surface area contributed by atoms with Gasteiger partial charge in [-0.05, 0) is 30.9 Å². The van der Waals surface area contributed by atoms with E-state index in [9.17, 15) is 4.79 Å². The van der Waals surface area contributed by atoms with Crippen LogP contribution in [0.25, 0.3) is 0 Å². The third-order valence-corrected chi connectivity index (χ3v) is 3.41. The third-order valence-electron chi connectivity index (χ3n) is 3.41. The van der Waals surface area contributed by atoms with E-state index in [1.54, 1.807) is 0 Å². The summed E-state index contributed by atoms with van der Waals surface area (Å²) in [7, 11) is 0. The topological polar surface area (TPSA) is 32.9 Å². The fourth-order valence-corrected chi connectivity index (χ4v) is 2.26. The van der Waals surface area contributed by atoms with Crippen molar-refractivity contribution in [2.75, 3.05) is 0 Å². The molecule has 18 heavy (non-hydrogen) atoms. The number of carbonyl (C=O) groups is 1. The Hall–Kier alpha value is -1.83. The quantitative estimate of drug-likeness (QED) is 0.784. The second kappa shape index (κ2) is 5.67. The molecule has 0 radical (unpaired) electrons. The number of ketones is 1. The van der Waals surface area contributed by atoms with Crippen molar-refractivity contribution >= 4 is 5.78 Å². The molecular formula is C16H19NO. The van der Waals surface area contributed by atoms with E-state index in [0.717, 1.165) is 18.4 Å². The SMILES string of the molecule is CCC(CC)c1ccc(C(=O)c2ccccc2)[nH]1. The van der Waals surface area contributed by atoms with Crippen molar-refractivity contribution in [2.45, 2.75) is 32.6 Å². The summed E-state index contributed by atoms with van der Waals surface area (Å²) in [5.74, 6) is 0.579. The molecule has 2 aromatic rings. The molecule has 0 bridgehead atoms. The van der Waals surface area contributed by atoms with Crippen LogP contribution in [0.15, 0.2) is 42.5 Å². The molecule has 0 saturated heterocycles. The monoisotopic (exact) mass is 241 g/mol. The minimum absolute atomic E-state index is 0.0628. The van der Waals surface area contributed by atoms with Crippen LogP contribution in [0.3, 0.4) is 0 Å². The summed E-state index contributed by atoms with van der Waals surface area (Å²) in [5.41, 5.74) is 2.58. The van der Waals surface area contributed by atoms with Gasteiger partial charge in [-0.15, -0.1) is 0 Å². The van der Waals surface area contributed by atoms with Gasteiger partial charge in [-0.2, -0.15) is 0 Å². The summed E-state index contributed by atoms with van der Waals surface area (Å²) in [6.07, 6.45) is 2.19. The lowest BCUT2D eigenvalue weighted by molar-refractivity contribution is 0.103. The molecule has 0 atom stereocenters. The van der Waals surface area contributed by atoms with Gasteiger partial charge in [0, 0.05) is 11.3 Å². The van der Waals surface area contributed by atoms with Crippen LogP contribution >= 0.6 is 0 Å². The van der Waals surface area contributed by atoms with Crippen molar-refractivity contribution in [1.82, 2.24) is 4.98 Å². The van der Waals surface area contributed by atoms with Crippen LogP contribution in [0.5, 0.6) is 0 Å². The summed E-state index contributed by atoms with van der Waals surface area (Å²) >= 11 is 0. The maximum absolute atomic E-state index is 12.2. The van der Waals surface area contributed by atoms with Gasteiger partial charge in [0.2, 0.25) is 5.78 Å². The Bertz CT molecular complexity index is 509. The van der Waals surface area contributed by atoms with Gasteiger partial charge in [0.1, 0.15) is 0 Å². The van der Waals surface area contributed by atoms with Gasteiger partial charge in [0.25, 0.3) is 0 Å². The van der Waals surface area contributed by atoms with E-state index < -0.39 is 0 Å². The second-order valence-electron chi connectivity index (χ2n) is 4.54. The van der Waals surface area contributed by atoms with Crippen LogP contribution in [0.2, 0.25) is 0 Å². The number of hydrogen-bond acceptors (Lipinski definition) is 1. The molecule has 0 aliphatic heterocycles. The molecule has 1 N–H and O–H groups in total. The van der Waals surface area contributed by atoms with Gasteiger partial charge < -0.3 is 4.98 Å². The van der Waals surface area contributed by atoms with Crippen molar-refractivity contribution < 1.29 is 4.79 Å². The standard InChI is InChI=1S/C16H19NO/c1-3-12(4-2)14-10-11-15(17-14)16(18)13-8-6-5-7-9-13/h5-12,17H,3-4H2,1-2H3. The van der Waals surface area contributed by atoms with Gasteiger partial charge in [0.05, 0.1) is 5.69 Å². The Labute approximate surface area is 108 Å². The van der Waals surface area contributed by atoms with E-state index in [-0.39, 0.29) is 5.78 Å². The highest BCUT2D eigenvalue weighted by molar-refractivity contribution is 6.07. The predicted molar refractivity (Wildman–Crippen MR) is 74.0 cm³/mol. The molecule has 1 heterocycles. The maximum atomic E-state index is 12.2. The fraction of sp³-hybridized carbons (Fsp3) is 0.312. The average molecular weight is 241 g/mol. The number of nitrogens with one attached hydrogen (secondary N) is 1. The van der Waals surface area contributed by atoms with Crippen molar-refractivity contribution in [3.05, 3.63) is 59.4 Å². The number of H-pyrrole nitrogens is 1. The number of aromatic nitrogens is 1. The highest BCUT2D eigenvalue weighted by Gasteiger charge is 2.14. The largest absolute Gasteiger partial charge is 0.355 e. The van der Waals surface area contributed by atoms with Crippen LogP contribution in [-0.2, 0) is 0 Å². The first-order chi connectivity index (χ1) is 8.76. The Morgan fingerprint density at radius 2 is 1.72 bits per heavy atom. The molecule has 0 fully saturated rings. The maximum Gasteiger partial charge on any atom is 0.209 e. The van der Waals surface area contributed by atoms with E-state index in [1.165, 1.54) is 5.69 Å². The molecule has 0 amide bonds. The molecule has 2 nitrogen and oxygen atoms in total. The normalized spacial score (nSPS) is 10.8. The zero-order valence-electron chi connectivity index (χ0n) is 10.9. The lowest BCUT2D eigenvalue weighted by Crippen LogP contribution is -2.03. The molecule has 0 saturated carbocycles. The van der Waals surface area contributed by atoms with E-state index in [2.05, 4.69) is 18.8 Å². The molecule has 94 valence electrons. The molecule has 2 rings (SSSR count). The first-order valence-electron chi connectivity index (χ1n) is 6.54. The lowest BCUT2D eigenvalue weighted by Gasteiger charge is -2.09. The van der Waals surface area contributed by atoms with E-state index >= 15 is 0 Å². The number of benzene rings is 1. The highest BCUT2D eigenvalue weighted by atomic mass is 16.1. The van der Waals surface area contributed by atoms with Gasteiger partial charge in [0.15, 0.2) is 0 Å². The summed E-state index contributed by atoms with van der Waals surface area (Å²) in [5, 5.41) is 0. The summed E-state index contributed by atoms with van der Waals surface area (Å²) in [6, 6.07) is 13.3.